The van der Waals surface area contributed by atoms with E-state index in [1.54, 1.807) is 17.8 Å². The third-order valence-electron chi connectivity index (χ3n) is 3.37. The van der Waals surface area contributed by atoms with Crippen molar-refractivity contribution in [3.63, 3.8) is 0 Å². The summed E-state index contributed by atoms with van der Waals surface area (Å²) in [5.74, 6) is 0.999. The summed E-state index contributed by atoms with van der Waals surface area (Å²) in [7, 11) is 0. The van der Waals surface area contributed by atoms with Crippen LogP contribution in [-0.4, -0.2) is 40.3 Å². The molecule has 0 atom stereocenters. The molecule has 1 saturated heterocycles. The number of thioether (sulfide) groups is 1. The Balaban J connectivity index is 1.82. The molecule has 0 unspecified atom stereocenters. The van der Waals surface area contributed by atoms with Gasteiger partial charge in [0.2, 0.25) is 0 Å². The molecule has 0 bridgehead atoms. The second-order valence-corrected chi connectivity index (χ2v) is 6.13. The molecular formula is C14H23N3OS. The van der Waals surface area contributed by atoms with E-state index in [1.165, 1.54) is 32.4 Å². The van der Waals surface area contributed by atoms with E-state index in [0.29, 0.717) is 0 Å². The van der Waals surface area contributed by atoms with Crippen LogP contribution >= 0.6 is 11.8 Å². The third kappa shape index (κ3) is 4.99. The molecular weight excluding hydrogens is 258 g/mol. The van der Waals surface area contributed by atoms with Crippen LogP contribution in [0, 0.1) is 0 Å². The van der Waals surface area contributed by atoms with Gasteiger partial charge in [-0.2, -0.15) is 0 Å². The molecule has 2 heterocycles. The number of hydrogen-bond acceptors (Lipinski definition) is 4. The maximum atomic E-state index is 11.5. The molecule has 1 N–H and O–H groups in total. The van der Waals surface area contributed by atoms with E-state index >= 15 is 0 Å². The van der Waals surface area contributed by atoms with Crippen molar-refractivity contribution in [3.05, 3.63) is 22.1 Å². The second kappa shape index (κ2) is 7.70. The van der Waals surface area contributed by atoms with Gasteiger partial charge in [0.25, 0.3) is 5.56 Å². The lowest BCUT2D eigenvalue weighted by Gasteiger charge is -2.25. The predicted octanol–water partition coefficient (Wildman–Crippen LogP) is 2.30. The number of likely N-dealkylation sites (tertiary alicyclic amines) is 1. The van der Waals surface area contributed by atoms with Crippen LogP contribution in [0.2, 0.25) is 0 Å². The normalized spacial score (nSPS) is 16.7. The molecule has 2 rings (SSSR count). The van der Waals surface area contributed by atoms with Crippen molar-refractivity contribution < 1.29 is 0 Å². The maximum absolute atomic E-state index is 11.5. The second-order valence-electron chi connectivity index (χ2n) is 5.04. The molecule has 0 aromatic carbocycles. The van der Waals surface area contributed by atoms with Crippen LogP contribution < -0.4 is 5.56 Å². The van der Waals surface area contributed by atoms with E-state index in [1.807, 2.05) is 0 Å². The van der Waals surface area contributed by atoms with Gasteiger partial charge in [0.05, 0.1) is 0 Å². The molecule has 0 saturated carbocycles. The molecule has 106 valence electrons. The van der Waals surface area contributed by atoms with Crippen LogP contribution in [0.5, 0.6) is 0 Å². The molecule has 0 spiro atoms. The number of nitrogens with zero attached hydrogens (tertiary/aromatic N) is 2. The van der Waals surface area contributed by atoms with Crippen molar-refractivity contribution in [3.8, 4) is 0 Å². The van der Waals surface area contributed by atoms with Crippen molar-refractivity contribution in [2.24, 2.45) is 0 Å². The molecule has 0 amide bonds. The molecule has 1 aromatic heterocycles. The molecule has 0 aliphatic carbocycles. The number of aromatic nitrogens is 2. The fourth-order valence-electron chi connectivity index (χ4n) is 2.39. The Hall–Kier alpha value is -0.810. The van der Waals surface area contributed by atoms with Gasteiger partial charge in [-0.05, 0) is 32.4 Å². The van der Waals surface area contributed by atoms with Gasteiger partial charge in [-0.3, -0.25) is 4.79 Å². The number of nitrogens with one attached hydrogen (secondary N) is 1. The first kappa shape index (κ1) is 14.6. The molecule has 19 heavy (non-hydrogen) atoms. The summed E-state index contributed by atoms with van der Waals surface area (Å²) < 4.78 is 0. The highest BCUT2D eigenvalue weighted by atomic mass is 32.2. The summed E-state index contributed by atoms with van der Waals surface area (Å²) in [6, 6.07) is 1.61. The van der Waals surface area contributed by atoms with Crippen LogP contribution in [0.4, 0.5) is 0 Å². The summed E-state index contributed by atoms with van der Waals surface area (Å²) in [4.78, 5) is 21.4. The Morgan fingerprint density at radius 2 is 2.16 bits per heavy atom. The van der Waals surface area contributed by atoms with E-state index in [-0.39, 0.29) is 5.56 Å². The molecule has 1 aliphatic rings. The largest absolute Gasteiger partial charge is 0.303 e. The monoisotopic (exact) mass is 281 g/mol. The van der Waals surface area contributed by atoms with Gasteiger partial charge < -0.3 is 9.88 Å². The average molecular weight is 281 g/mol. The number of aryl methyl sites for hydroxylation is 1. The number of piperidine rings is 1. The Bertz CT molecular complexity index is 441. The molecule has 4 nitrogen and oxygen atoms in total. The highest BCUT2D eigenvalue weighted by Crippen LogP contribution is 2.14. The van der Waals surface area contributed by atoms with E-state index in [4.69, 9.17) is 0 Å². The zero-order valence-electron chi connectivity index (χ0n) is 11.7. The number of hydrogen-bond donors (Lipinski definition) is 1. The first-order valence-electron chi connectivity index (χ1n) is 7.23. The standard InChI is InChI=1S/C14H23N3OS/c1-2-6-12-11-13(18)16-14(15-12)19-10-9-17-7-4-3-5-8-17/h11H,2-10H2,1H3,(H,15,16,18). The smallest absolute Gasteiger partial charge is 0.251 e. The Kier molecular flexibility index (Phi) is 5.92. The molecule has 1 fully saturated rings. The fourth-order valence-corrected chi connectivity index (χ4v) is 3.29. The van der Waals surface area contributed by atoms with Gasteiger partial charge in [0, 0.05) is 24.1 Å². The maximum Gasteiger partial charge on any atom is 0.251 e. The van der Waals surface area contributed by atoms with Crippen LogP contribution in [-0.2, 0) is 6.42 Å². The lowest BCUT2D eigenvalue weighted by molar-refractivity contribution is 0.242. The Labute approximate surface area is 119 Å². The topological polar surface area (TPSA) is 49.0 Å². The van der Waals surface area contributed by atoms with E-state index < -0.39 is 0 Å². The molecule has 1 aliphatic heterocycles. The quantitative estimate of drug-likeness (QED) is 0.642. The summed E-state index contributed by atoms with van der Waals surface area (Å²) in [6.45, 7) is 5.64. The summed E-state index contributed by atoms with van der Waals surface area (Å²) >= 11 is 1.66. The first-order chi connectivity index (χ1) is 9.28. The summed E-state index contributed by atoms with van der Waals surface area (Å²) in [5, 5.41) is 0.771. The van der Waals surface area contributed by atoms with Crippen LogP contribution in [0.25, 0.3) is 0 Å². The van der Waals surface area contributed by atoms with E-state index in [0.717, 1.165) is 36.0 Å². The van der Waals surface area contributed by atoms with Crippen molar-refractivity contribution in [2.45, 2.75) is 44.2 Å². The van der Waals surface area contributed by atoms with Gasteiger partial charge in [-0.1, -0.05) is 31.5 Å². The zero-order chi connectivity index (χ0) is 13.5. The van der Waals surface area contributed by atoms with Crippen LogP contribution in [0.15, 0.2) is 16.0 Å². The van der Waals surface area contributed by atoms with Crippen molar-refractivity contribution >= 4 is 11.8 Å². The third-order valence-corrected chi connectivity index (χ3v) is 4.23. The Morgan fingerprint density at radius 1 is 1.37 bits per heavy atom. The predicted molar refractivity (Wildman–Crippen MR) is 79.9 cm³/mol. The minimum atomic E-state index is -0.0288. The van der Waals surface area contributed by atoms with Crippen LogP contribution in [0.3, 0.4) is 0 Å². The minimum absolute atomic E-state index is 0.0288. The number of H-pyrrole nitrogens is 1. The number of aromatic amines is 1. The van der Waals surface area contributed by atoms with Crippen molar-refractivity contribution in [2.75, 3.05) is 25.4 Å². The average Bonchev–Trinajstić information content (AvgIpc) is 2.40. The minimum Gasteiger partial charge on any atom is -0.303 e. The Morgan fingerprint density at radius 3 is 2.89 bits per heavy atom. The highest BCUT2D eigenvalue weighted by Gasteiger charge is 2.10. The molecule has 1 aromatic rings. The van der Waals surface area contributed by atoms with Gasteiger partial charge in [0.15, 0.2) is 5.16 Å². The molecule has 5 heteroatoms. The molecule has 0 radical (unpaired) electrons. The fraction of sp³-hybridized carbons (Fsp3) is 0.714. The van der Waals surface area contributed by atoms with Crippen LogP contribution in [0.1, 0.15) is 38.3 Å². The zero-order valence-corrected chi connectivity index (χ0v) is 12.5. The van der Waals surface area contributed by atoms with Gasteiger partial charge >= 0.3 is 0 Å². The van der Waals surface area contributed by atoms with Crippen molar-refractivity contribution in [1.82, 2.24) is 14.9 Å². The SMILES string of the molecule is CCCc1cc(=O)[nH]c(SCCN2CCCCC2)n1. The van der Waals surface area contributed by atoms with Gasteiger partial charge in [0.1, 0.15) is 0 Å². The number of rotatable bonds is 6. The highest BCUT2D eigenvalue weighted by molar-refractivity contribution is 7.99. The van der Waals surface area contributed by atoms with E-state index in [9.17, 15) is 4.79 Å². The van der Waals surface area contributed by atoms with Crippen molar-refractivity contribution in [1.29, 1.82) is 0 Å². The first-order valence-corrected chi connectivity index (χ1v) is 8.22. The lowest BCUT2D eigenvalue weighted by atomic mass is 10.1. The lowest BCUT2D eigenvalue weighted by Crippen LogP contribution is -2.31. The summed E-state index contributed by atoms with van der Waals surface area (Å²) in [6.07, 6.45) is 5.92. The summed E-state index contributed by atoms with van der Waals surface area (Å²) in [5.41, 5.74) is 0.880. The van der Waals surface area contributed by atoms with Gasteiger partial charge in [-0.15, -0.1) is 0 Å². The van der Waals surface area contributed by atoms with Gasteiger partial charge in [-0.25, -0.2) is 4.98 Å². The van der Waals surface area contributed by atoms with E-state index in [2.05, 4.69) is 21.8 Å².